The Labute approximate surface area is 154 Å². The first-order valence-electron chi connectivity index (χ1n) is 8.79. The van der Waals surface area contributed by atoms with Gasteiger partial charge in [-0.2, -0.15) is 9.40 Å². The van der Waals surface area contributed by atoms with Crippen LogP contribution in [0.4, 0.5) is 0 Å². The second-order valence-corrected chi connectivity index (χ2v) is 8.68. The number of nitrogens with zero attached hydrogens (tertiary/aromatic N) is 5. The van der Waals surface area contributed by atoms with Crippen LogP contribution in [0, 0.1) is 13.8 Å². The number of rotatable bonds is 5. The maximum Gasteiger partial charge on any atom is 0.246 e. The molecule has 9 heteroatoms. The maximum absolute atomic E-state index is 13.1. The van der Waals surface area contributed by atoms with E-state index < -0.39 is 10.0 Å². The lowest BCUT2D eigenvalue weighted by Gasteiger charge is -2.31. The highest BCUT2D eigenvalue weighted by atomic mass is 32.2. The van der Waals surface area contributed by atoms with Crippen LogP contribution in [0.15, 0.2) is 23.5 Å². The van der Waals surface area contributed by atoms with Crippen molar-refractivity contribution in [2.24, 2.45) is 0 Å². The molecule has 2 aromatic rings. The summed E-state index contributed by atoms with van der Waals surface area (Å²) in [4.78, 5) is 8.25. The summed E-state index contributed by atoms with van der Waals surface area (Å²) >= 11 is 0. The van der Waals surface area contributed by atoms with Gasteiger partial charge in [0.05, 0.1) is 11.4 Å². The van der Waals surface area contributed by atoms with Gasteiger partial charge >= 0.3 is 0 Å². The van der Waals surface area contributed by atoms with Crippen molar-refractivity contribution in [3.63, 3.8) is 0 Å². The lowest BCUT2D eigenvalue weighted by atomic mass is 10.1. The van der Waals surface area contributed by atoms with Gasteiger partial charge in [-0.1, -0.05) is 0 Å². The average molecular weight is 379 g/mol. The van der Waals surface area contributed by atoms with Crippen LogP contribution in [0.1, 0.15) is 44.1 Å². The van der Waals surface area contributed by atoms with Crippen LogP contribution in [-0.2, 0) is 10.0 Å². The predicted molar refractivity (Wildman–Crippen MR) is 96.5 cm³/mol. The molecule has 3 heterocycles. The van der Waals surface area contributed by atoms with Gasteiger partial charge in [-0.25, -0.2) is 18.4 Å². The zero-order valence-corrected chi connectivity index (χ0v) is 16.4. The molecule has 0 aromatic carbocycles. The fourth-order valence-electron chi connectivity index (χ4n) is 3.36. The van der Waals surface area contributed by atoms with Crippen LogP contribution in [-0.4, -0.2) is 51.7 Å². The van der Waals surface area contributed by atoms with Crippen molar-refractivity contribution < 1.29 is 13.2 Å². The highest BCUT2D eigenvalue weighted by molar-refractivity contribution is 7.89. The highest BCUT2D eigenvalue weighted by Crippen LogP contribution is 2.28. The quantitative estimate of drug-likeness (QED) is 0.790. The summed E-state index contributed by atoms with van der Waals surface area (Å²) in [6.45, 7) is 8.40. The summed E-state index contributed by atoms with van der Waals surface area (Å²) in [5.41, 5.74) is 1.24. The molecule has 0 N–H and O–H groups in total. The Bertz CT molecular complexity index is 856. The van der Waals surface area contributed by atoms with E-state index in [4.69, 9.17) is 4.74 Å². The first kappa shape index (κ1) is 18.8. The SMILES string of the molecule is Cc1nn(C(C)C)c(C)c1S(=O)(=O)N1CCC(Oc2ccncn2)CC1. The van der Waals surface area contributed by atoms with Crippen LogP contribution in [0.5, 0.6) is 5.88 Å². The summed E-state index contributed by atoms with van der Waals surface area (Å²) in [5, 5.41) is 4.41. The van der Waals surface area contributed by atoms with E-state index in [0.717, 1.165) is 0 Å². The highest BCUT2D eigenvalue weighted by Gasteiger charge is 2.34. The summed E-state index contributed by atoms with van der Waals surface area (Å²) in [6, 6.07) is 1.82. The molecule has 3 rings (SSSR count). The van der Waals surface area contributed by atoms with Gasteiger partial charge in [-0.3, -0.25) is 4.68 Å². The first-order chi connectivity index (χ1) is 12.3. The molecule has 0 spiro atoms. The molecule has 8 nitrogen and oxygen atoms in total. The fraction of sp³-hybridized carbons (Fsp3) is 0.588. The topological polar surface area (TPSA) is 90.2 Å². The van der Waals surface area contributed by atoms with Crippen LogP contribution in [0.2, 0.25) is 0 Å². The lowest BCUT2D eigenvalue weighted by Crippen LogP contribution is -2.42. The number of ether oxygens (including phenoxy) is 1. The van der Waals surface area contributed by atoms with E-state index in [2.05, 4.69) is 15.1 Å². The second-order valence-electron chi connectivity index (χ2n) is 6.81. The number of piperidine rings is 1. The van der Waals surface area contributed by atoms with E-state index in [1.807, 2.05) is 20.8 Å². The smallest absolute Gasteiger partial charge is 0.246 e. The van der Waals surface area contributed by atoms with Crippen molar-refractivity contribution in [3.05, 3.63) is 30.0 Å². The molecule has 1 aliphatic rings. The van der Waals surface area contributed by atoms with Crippen LogP contribution < -0.4 is 4.74 Å². The normalized spacial score (nSPS) is 17.0. The largest absolute Gasteiger partial charge is 0.474 e. The van der Waals surface area contributed by atoms with Gasteiger partial charge < -0.3 is 4.74 Å². The molecule has 0 saturated carbocycles. The number of sulfonamides is 1. The standard InChI is InChI=1S/C17H25N5O3S/c1-12(2)22-14(4)17(13(3)20-22)26(23,24)21-9-6-15(7-10-21)25-16-5-8-18-11-19-16/h5,8,11-12,15H,6-7,9-10H2,1-4H3. The van der Waals surface area contributed by atoms with Gasteiger partial charge in [0.15, 0.2) is 0 Å². The van der Waals surface area contributed by atoms with E-state index in [1.54, 1.807) is 23.9 Å². The molecule has 0 amide bonds. The van der Waals surface area contributed by atoms with Gasteiger partial charge in [-0.05, 0) is 40.5 Å². The van der Waals surface area contributed by atoms with Crippen molar-refractivity contribution in [3.8, 4) is 5.88 Å². The van der Waals surface area contributed by atoms with Gasteiger partial charge in [-0.15, -0.1) is 0 Å². The maximum atomic E-state index is 13.1. The van der Waals surface area contributed by atoms with Crippen molar-refractivity contribution in [2.45, 2.75) is 57.6 Å². The van der Waals surface area contributed by atoms with Gasteiger partial charge in [0.25, 0.3) is 0 Å². The third kappa shape index (κ3) is 3.59. The molecule has 0 aliphatic carbocycles. The Balaban J connectivity index is 1.73. The number of hydrogen-bond acceptors (Lipinski definition) is 6. The minimum absolute atomic E-state index is 0.0445. The number of aromatic nitrogens is 4. The Hall–Kier alpha value is -2.00. The van der Waals surface area contributed by atoms with Crippen LogP contribution in [0.3, 0.4) is 0 Å². The summed E-state index contributed by atoms with van der Waals surface area (Å²) in [7, 11) is -3.56. The van der Waals surface area contributed by atoms with Crippen molar-refractivity contribution in [2.75, 3.05) is 13.1 Å². The molecule has 142 valence electrons. The summed E-state index contributed by atoms with van der Waals surface area (Å²) in [5.74, 6) is 0.520. The molecular formula is C17H25N5O3S. The Kier molecular flexibility index (Phi) is 5.29. The zero-order valence-electron chi connectivity index (χ0n) is 15.6. The number of hydrogen-bond donors (Lipinski definition) is 0. The van der Waals surface area contributed by atoms with Crippen molar-refractivity contribution in [1.29, 1.82) is 0 Å². The summed E-state index contributed by atoms with van der Waals surface area (Å²) in [6.07, 6.45) is 4.27. The zero-order chi connectivity index (χ0) is 18.9. The van der Waals surface area contributed by atoms with E-state index in [-0.39, 0.29) is 12.1 Å². The minimum Gasteiger partial charge on any atom is -0.474 e. The van der Waals surface area contributed by atoms with Crippen LogP contribution >= 0.6 is 0 Å². The number of aryl methyl sites for hydroxylation is 1. The van der Waals surface area contributed by atoms with E-state index in [0.29, 0.717) is 48.1 Å². The van der Waals surface area contributed by atoms with E-state index in [1.165, 1.54) is 10.6 Å². The van der Waals surface area contributed by atoms with Crippen LogP contribution in [0.25, 0.3) is 0 Å². The van der Waals surface area contributed by atoms with Gasteiger partial charge in [0.1, 0.15) is 17.3 Å². The average Bonchev–Trinajstić information content (AvgIpc) is 2.91. The minimum atomic E-state index is -3.56. The molecule has 1 saturated heterocycles. The third-order valence-corrected chi connectivity index (χ3v) is 6.74. The molecular weight excluding hydrogens is 354 g/mol. The Morgan fingerprint density at radius 1 is 1.23 bits per heavy atom. The van der Waals surface area contributed by atoms with Crippen molar-refractivity contribution >= 4 is 10.0 Å². The molecule has 1 fully saturated rings. The monoisotopic (exact) mass is 379 g/mol. The second kappa shape index (κ2) is 7.32. The molecule has 0 bridgehead atoms. The van der Waals surface area contributed by atoms with Gasteiger partial charge in [0.2, 0.25) is 15.9 Å². The molecule has 0 radical (unpaired) electrons. The van der Waals surface area contributed by atoms with E-state index in [9.17, 15) is 8.42 Å². The molecule has 26 heavy (non-hydrogen) atoms. The predicted octanol–water partition coefficient (Wildman–Crippen LogP) is 2.10. The fourth-order valence-corrected chi connectivity index (χ4v) is 5.19. The summed E-state index contributed by atoms with van der Waals surface area (Å²) < 4.78 is 35.4. The van der Waals surface area contributed by atoms with E-state index >= 15 is 0 Å². The lowest BCUT2D eigenvalue weighted by molar-refractivity contribution is 0.129. The van der Waals surface area contributed by atoms with Gasteiger partial charge in [0, 0.05) is 31.4 Å². The molecule has 1 aliphatic heterocycles. The van der Waals surface area contributed by atoms with Crippen molar-refractivity contribution in [1.82, 2.24) is 24.1 Å². The third-order valence-electron chi connectivity index (χ3n) is 4.59. The molecule has 2 aromatic heterocycles. The Morgan fingerprint density at radius 3 is 2.46 bits per heavy atom. The first-order valence-corrected chi connectivity index (χ1v) is 10.2. The molecule has 0 atom stereocenters. The Morgan fingerprint density at radius 2 is 1.92 bits per heavy atom. The molecule has 0 unspecified atom stereocenters.